The van der Waals surface area contributed by atoms with Gasteiger partial charge in [-0.25, -0.2) is 9.48 Å². The molecule has 1 unspecified atom stereocenters. The zero-order chi connectivity index (χ0) is 18.0. The molecule has 0 aliphatic carbocycles. The summed E-state index contributed by atoms with van der Waals surface area (Å²) in [5, 5.41) is 2.80. The molecule has 1 aromatic heterocycles. The minimum atomic E-state index is -0.257. The molecule has 1 aromatic carbocycles. The van der Waals surface area contributed by atoms with E-state index in [1.54, 1.807) is 21.3 Å². The number of amides is 2. The van der Waals surface area contributed by atoms with Crippen LogP contribution in [-0.4, -0.2) is 46.1 Å². The van der Waals surface area contributed by atoms with Crippen molar-refractivity contribution in [2.24, 2.45) is 7.05 Å². The van der Waals surface area contributed by atoms with E-state index in [0.29, 0.717) is 31.1 Å². The van der Waals surface area contributed by atoms with Gasteiger partial charge in [-0.3, -0.25) is 9.48 Å². The van der Waals surface area contributed by atoms with Gasteiger partial charge in [-0.05, 0) is 25.5 Å². The van der Waals surface area contributed by atoms with Gasteiger partial charge in [-0.15, -0.1) is 0 Å². The lowest BCUT2D eigenvalue weighted by molar-refractivity contribution is -0.0134. The van der Waals surface area contributed by atoms with Gasteiger partial charge in [0.1, 0.15) is 5.69 Å². The number of hydrogen-bond donors (Lipinski definition) is 1. The summed E-state index contributed by atoms with van der Waals surface area (Å²) in [7, 11) is 1.81. The largest absolute Gasteiger partial charge is 0.375 e. The summed E-state index contributed by atoms with van der Waals surface area (Å²) in [6.07, 6.45) is 0.909. The number of aromatic nitrogens is 2. The summed E-state index contributed by atoms with van der Waals surface area (Å²) >= 11 is 0. The van der Waals surface area contributed by atoms with Gasteiger partial charge in [-0.2, -0.15) is 0 Å². The normalized spacial score (nSPS) is 17.6. The lowest BCUT2D eigenvalue weighted by atomic mass is 10.2. The smallest absolute Gasteiger partial charge is 0.322 e. The van der Waals surface area contributed by atoms with Gasteiger partial charge in [-0.1, -0.05) is 25.1 Å². The summed E-state index contributed by atoms with van der Waals surface area (Å²) in [5.74, 6) is 0. The van der Waals surface area contributed by atoms with Crippen molar-refractivity contribution in [2.45, 2.75) is 26.4 Å². The molecule has 1 saturated heterocycles. The number of carbonyl (C=O) groups is 1. The number of benzene rings is 1. The summed E-state index contributed by atoms with van der Waals surface area (Å²) < 4.78 is 8.90. The second kappa shape index (κ2) is 7.14. The maximum Gasteiger partial charge on any atom is 0.322 e. The average Bonchev–Trinajstić information content (AvgIpc) is 2.85. The van der Waals surface area contributed by atoms with Gasteiger partial charge in [0, 0.05) is 20.1 Å². The molecule has 1 aliphatic heterocycles. The molecule has 2 amide bonds. The Kier molecular flexibility index (Phi) is 4.94. The van der Waals surface area contributed by atoms with Gasteiger partial charge < -0.3 is 15.0 Å². The summed E-state index contributed by atoms with van der Waals surface area (Å²) in [6, 6.07) is 9.12. The number of rotatable bonds is 3. The van der Waals surface area contributed by atoms with Crippen molar-refractivity contribution in [3.8, 4) is 5.69 Å². The number of urea groups is 1. The van der Waals surface area contributed by atoms with Crippen LogP contribution in [0.1, 0.15) is 19.0 Å². The van der Waals surface area contributed by atoms with Crippen LogP contribution in [0, 0.1) is 6.92 Å². The Labute approximate surface area is 146 Å². The first-order valence-corrected chi connectivity index (χ1v) is 8.54. The van der Waals surface area contributed by atoms with Crippen LogP contribution in [0.4, 0.5) is 10.5 Å². The van der Waals surface area contributed by atoms with E-state index in [1.165, 1.54) is 0 Å². The zero-order valence-electron chi connectivity index (χ0n) is 14.9. The summed E-state index contributed by atoms with van der Waals surface area (Å²) in [4.78, 5) is 27.1. The highest BCUT2D eigenvalue weighted by atomic mass is 16.5. The summed E-state index contributed by atoms with van der Waals surface area (Å²) in [5.41, 5.74) is 1.55. The lowest BCUT2D eigenvalue weighted by Crippen LogP contribution is -2.47. The maximum absolute atomic E-state index is 12.8. The monoisotopic (exact) mass is 344 g/mol. The second-order valence-corrected chi connectivity index (χ2v) is 6.21. The third-order valence-corrected chi connectivity index (χ3v) is 4.67. The van der Waals surface area contributed by atoms with Crippen molar-refractivity contribution < 1.29 is 9.53 Å². The Morgan fingerprint density at radius 2 is 2.04 bits per heavy atom. The molecule has 1 atom stereocenters. The summed E-state index contributed by atoms with van der Waals surface area (Å²) in [6.45, 7) is 5.45. The van der Waals surface area contributed by atoms with E-state index >= 15 is 0 Å². The fourth-order valence-corrected chi connectivity index (χ4v) is 3.05. The number of carbonyl (C=O) groups excluding carboxylic acids is 1. The quantitative estimate of drug-likeness (QED) is 0.927. The van der Waals surface area contributed by atoms with E-state index < -0.39 is 0 Å². The van der Waals surface area contributed by atoms with Crippen molar-refractivity contribution in [3.05, 3.63) is 46.4 Å². The fraction of sp³-hybridized carbons (Fsp3) is 0.444. The number of anilines is 1. The first-order chi connectivity index (χ1) is 12.0. The molecule has 1 fully saturated rings. The first-order valence-electron chi connectivity index (χ1n) is 8.54. The van der Waals surface area contributed by atoms with Crippen molar-refractivity contribution in [3.63, 3.8) is 0 Å². The molecule has 2 aromatic rings. The van der Waals surface area contributed by atoms with Crippen molar-refractivity contribution in [1.82, 2.24) is 14.3 Å². The molecule has 0 saturated carbocycles. The third-order valence-electron chi connectivity index (χ3n) is 4.67. The van der Waals surface area contributed by atoms with Crippen LogP contribution >= 0.6 is 0 Å². The number of nitrogens with one attached hydrogen (secondary N) is 1. The fourth-order valence-electron chi connectivity index (χ4n) is 3.05. The average molecular weight is 344 g/mol. The highest BCUT2D eigenvalue weighted by molar-refractivity contribution is 5.89. The number of nitrogens with zero attached hydrogens (tertiary/aromatic N) is 3. The van der Waals surface area contributed by atoms with Gasteiger partial charge in [0.05, 0.1) is 24.1 Å². The third kappa shape index (κ3) is 3.32. The van der Waals surface area contributed by atoms with Crippen LogP contribution < -0.4 is 10.9 Å². The van der Waals surface area contributed by atoms with Gasteiger partial charge in [0.15, 0.2) is 0 Å². The predicted molar refractivity (Wildman–Crippen MR) is 96.4 cm³/mol. The van der Waals surface area contributed by atoms with Gasteiger partial charge >= 0.3 is 6.03 Å². The van der Waals surface area contributed by atoms with E-state index in [0.717, 1.165) is 12.1 Å². The molecule has 7 heteroatoms. The lowest BCUT2D eigenvalue weighted by Gasteiger charge is -2.32. The number of morpholine rings is 1. The van der Waals surface area contributed by atoms with Crippen LogP contribution in [0.2, 0.25) is 0 Å². The van der Waals surface area contributed by atoms with E-state index in [1.807, 2.05) is 44.2 Å². The first kappa shape index (κ1) is 17.3. The van der Waals surface area contributed by atoms with Crippen LogP contribution in [0.25, 0.3) is 5.69 Å². The van der Waals surface area contributed by atoms with Gasteiger partial charge in [0.2, 0.25) is 0 Å². The van der Waals surface area contributed by atoms with Crippen LogP contribution in [0.3, 0.4) is 0 Å². The van der Waals surface area contributed by atoms with E-state index in [2.05, 4.69) is 5.32 Å². The van der Waals surface area contributed by atoms with Crippen LogP contribution in [0.15, 0.2) is 35.1 Å². The maximum atomic E-state index is 12.8. The number of ether oxygens (including phenoxy) is 1. The van der Waals surface area contributed by atoms with E-state index in [-0.39, 0.29) is 17.7 Å². The second-order valence-electron chi connectivity index (χ2n) is 6.21. The van der Waals surface area contributed by atoms with Crippen molar-refractivity contribution in [2.75, 3.05) is 25.0 Å². The minimum Gasteiger partial charge on any atom is -0.375 e. The molecule has 0 radical (unpaired) electrons. The number of hydrogen-bond acceptors (Lipinski definition) is 3. The standard InChI is InChI=1S/C18H24N4O3/c1-4-15-12-21(10-11-25-15)18(24)19-16-13(2)20(3)22(17(16)23)14-8-6-5-7-9-14/h5-9,15H,4,10-12H2,1-3H3,(H,19,24). The minimum absolute atomic E-state index is 0.0531. The Hall–Kier alpha value is -2.54. The highest BCUT2D eigenvalue weighted by Crippen LogP contribution is 2.15. The Morgan fingerprint density at radius 1 is 1.32 bits per heavy atom. The molecular formula is C18H24N4O3. The predicted octanol–water partition coefficient (Wildman–Crippen LogP) is 2.13. The molecule has 134 valence electrons. The van der Waals surface area contributed by atoms with Gasteiger partial charge in [0.25, 0.3) is 5.56 Å². The molecule has 7 nitrogen and oxygen atoms in total. The van der Waals surface area contributed by atoms with Crippen LogP contribution in [0.5, 0.6) is 0 Å². The molecule has 1 aliphatic rings. The molecule has 0 bridgehead atoms. The molecule has 1 N–H and O–H groups in total. The molecule has 0 spiro atoms. The Morgan fingerprint density at radius 3 is 2.72 bits per heavy atom. The molecule has 2 heterocycles. The SMILES string of the molecule is CCC1CN(C(=O)Nc2c(C)n(C)n(-c3ccccc3)c2=O)CCO1. The van der Waals surface area contributed by atoms with E-state index in [9.17, 15) is 9.59 Å². The van der Waals surface area contributed by atoms with Crippen LogP contribution in [-0.2, 0) is 11.8 Å². The van der Waals surface area contributed by atoms with E-state index in [4.69, 9.17) is 4.74 Å². The highest BCUT2D eigenvalue weighted by Gasteiger charge is 2.25. The molecular weight excluding hydrogens is 320 g/mol. The molecule has 25 heavy (non-hydrogen) atoms. The molecule has 3 rings (SSSR count). The topological polar surface area (TPSA) is 68.5 Å². The van der Waals surface area contributed by atoms with Crippen molar-refractivity contribution in [1.29, 1.82) is 0 Å². The van der Waals surface area contributed by atoms with Crippen molar-refractivity contribution >= 4 is 11.7 Å². The Bertz CT molecular complexity index is 810. The Balaban J connectivity index is 1.86. The zero-order valence-corrected chi connectivity index (χ0v) is 14.9. The number of para-hydroxylation sites is 1.